The first-order chi connectivity index (χ1) is 9.79. The topological polar surface area (TPSA) is 35.2 Å². The zero-order valence-corrected chi connectivity index (χ0v) is 10.5. The molecule has 0 radical (unpaired) electrons. The summed E-state index contributed by atoms with van der Waals surface area (Å²) in [6.45, 7) is 0. The summed E-state index contributed by atoms with van der Waals surface area (Å²) in [7, 11) is 0. The molecule has 0 fully saturated rings. The van der Waals surface area contributed by atoms with E-state index in [2.05, 4.69) is 4.74 Å². The smallest absolute Gasteiger partial charge is 0.405 e. The van der Waals surface area contributed by atoms with E-state index in [9.17, 15) is 22.0 Å². The number of rotatable bonds is 3. The van der Waals surface area contributed by atoms with Crippen molar-refractivity contribution in [3.05, 3.63) is 65.2 Å². The molecule has 0 aliphatic rings. The molecule has 2 nitrogen and oxygen atoms in total. The lowest BCUT2D eigenvalue weighted by Crippen LogP contribution is -2.21. The Balaban J connectivity index is 2.47. The van der Waals surface area contributed by atoms with Crippen molar-refractivity contribution in [3.63, 3.8) is 0 Å². The lowest BCUT2D eigenvalue weighted by molar-refractivity contribution is -0.274. The SMILES string of the molecule is NC(c1ccccc1OC(F)(F)F)c1c(F)cccc1F. The van der Waals surface area contributed by atoms with Gasteiger partial charge >= 0.3 is 6.36 Å². The van der Waals surface area contributed by atoms with E-state index in [1.807, 2.05) is 0 Å². The Hall–Kier alpha value is -2.15. The van der Waals surface area contributed by atoms with Crippen LogP contribution in [0.25, 0.3) is 0 Å². The molecule has 2 aromatic rings. The van der Waals surface area contributed by atoms with Gasteiger partial charge < -0.3 is 10.5 Å². The summed E-state index contributed by atoms with van der Waals surface area (Å²) in [5, 5.41) is 0. The number of para-hydroxylation sites is 1. The van der Waals surface area contributed by atoms with Crippen LogP contribution in [-0.4, -0.2) is 6.36 Å². The van der Waals surface area contributed by atoms with Crippen LogP contribution < -0.4 is 10.5 Å². The summed E-state index contributed by atoms with van der Waals surface area (Å²) >= 11 is 0. The van der Waals surface area contributed by atoms with Gasteiger partial charge in [-0.1, -0.05) is 24.3 Å². The van der Waals surface area contributed by atoms with Crippen LogP contribution in [0.2, 0.25) is 0 Å². The van der Waals surface area contributed by atoms with Crippen LogP contribution in [0.5, 0.6) is 5.75 Å². The highest BCUT2D eigenvalue weighted by atomic mass is 19.4. The first-order valence-electron chi connectivity index (χ1n) is 5.84. The minimum Gasteiger partial charge on any atom is -0.405 e. The lowest BCUT2D eigenvalue weighted by atomic mass is 9.98. The number of ether oxygens (including phenoxy) is 1. The quantitative estimate of drug-likeness (QED) is 0.873. The van der Waals surface area contributed by atoms with Gasteiger partial charge in [0.25, 0.3) is 0 Å². The van der Waals surface area contributed by atoms with Crippen molar-refractivity contribution >= 4 is 0 Å². The Kier molecular flexibility index (Phi) is 4.13. The summed E-state index contributed by atoms with van der Waals surface area (Å²) in [5.41, 5.74) is 5.02. The number of halogens is 5. The molecule has 0 amide bonds. The molecule has 1 unspecified atom stereocenters. The third kappa shape index (κ3) is 3.49. The van der Waals surface area contributed by atoms with E-state index in [1.54, 1.807) is 0 Å². The highest BCUT2D eigenvalue weighted by molar-refractivity contribution is 5.42. The van der Waals surface area contributed by atoms with Crippen LogP contribution in [0.4, 0.5) is 22.0 Å². The van der Waals surface area contributed by atoms with Gasteiger partial charge in [0.15, 0.2) is 0 Å². The summed E-state index contributed by atoms with van der Waals surface area (Å²) in [6, 6.07) is 6.62. The fourth-order valence-electron chi connectivity index (χ4n) is 1.92. The fraction of sp³-hybridized carbons (Fsp3) is 0.143. The summed E-state index contributed by atoms with van der Waals surface area (Å²) in [6.07, 6.45) is -4.93. The molecular weight excluding hydrogens is 293 g/mol. The van der Waals surface area contributed by atoms with E-state index in [4.69, 9.17) is 5.73 Å². The van der Waals surface area contributed by atoms with Crippen LogP contribution >= 0.6 is 0 Å². The molecule has 21 heavy (non-hydrogen) atoms. The zero-order valence-electron chi connectivity index (χ0n) is 10.5. The van der Waals surface area contributed by atoms with Gasteiger partial charge in [-0.05, 0) is 18.2 Å². The van der Waals surface area contributed by atoms with E-state index < -0.39 is 35.4 Å². The first-order valence-corrected chi connectivity index (χ1v) is 5.84. The van der Waals surface area contributed by atoms with Crippen molar-refractivity contribution < 1.29 is 26.7 Å². The van der Waals surface area contributed by atoms with E-state index in [1.165, 1.54) is 18.2 Å². The molecule has 0 aliphatic carbocycles. The van der Waals surface area contributed by atoms with Crippen molar-refractivity contribution in [3.8, 4) is 5.75 Å². The molecule has 2 aromatic carbocycles. The Morgan fingerprint density at radius 2 is 1.48 bits per heavy atom. The molecule has 2 N–H and O–H groups in total. The van der Waals surface area contributed by atoms with E-state index in [0.29, 0.717) is 0 Å². The molecule has 0 heterocycles. The molecule has 2 rings (SSSR count). The van der Waals surface area contributed by atoms with E-state index in [0.717, 1.165) is 24.3 Å². The number of benzene rings is 2. The minimum absolute atomic E-state index is 0.168. The third-order valence-electron chi connectivity index (χ3n) is 2.79. The average Bonchev–Trinajstić information content (AvgIpc) is 2.37. The highest BCUT2D eigenvalue weighted by Gasteiger charge is 2.33. The largest absolute Gasteiger partial charge is 0.573 e. The van der Waals surface area contributed by atoms with Gasteiger partial charge in [-0.25, -0.2) is 8.78 Å². The van der Waals surface area contributed by atoms with Gasteiger partial charge in [-0.2, -0.15) is 0 Å². The van der Waals surface area contributed by atoms with Gasteiger partial charge in [-0.15, -0.1) is 13.2 Å². The van der Waals surface area contributed by atoms with Crippen molar-refractivity contribution in [2.24, 2.45) is 5.73 Å². The van der Waals surface area contributed by atoms with Crippen LogP contribution in [0.3, 0.4) is 0 Å². The second-order valence-electron chi connectivity index (χ2n) is 4.20. The number of nitrogens with two attached hydrogens (primary N) is 1. The first kappa shape index (κ1) is 15.2. The third-order valence-corrected chi connectivity index (χ3v) is 2.79. The molecule has 0 spiro atoms. The predicted molar refractivity (Wildman–Crippen MR) is 65.5 cm³/mol. The van der Waals surface area contributed by atoms with Crippen molar-refractivity contribution in [2.45, 2.75) is 12.4 Å². The van der Waals surface area contributed by atoms with Crippen LogP contribution in [0.1, 0.15) is 17.2 Å². The average molecular weight is 303 g/mol. The van der Waals surface area contributed by atoms with Gasteiger partial charge in [0.2, 0.25) is 0 Å². The summed E-state index contributed by atoms with van der Waals surface area (Å²) < 4.78 is 68.2. The van der Waals surface area contributed by atoms with Crippen LogP contribution in [0, 0.1) is 11.6 Å². The molecule has 0 aliphatic heterocycles. The van der Waals surface area contributed by atoms with Gasteiger partial charge in [0.1, 0.15) is 17.4 Å². The molecule has 0 saturated carbocycles. The van der Waals surface area contributed by atoms with Crippen LogP contribution in [-0.2, 0) is 0 Å². The summed E-state index contributed by atoms with van der Waals surface area (Å²) in [5.74, 6) is -2.48. The maximum Gasteiger partial charge on any atom is 0.573 e. The van der Waals surface area contributed by atoms with E-state index >= 15 is 0 Å². The van der Waals surface area contributed by atoms with Crippen molar-refractivity contribution in [2.75, 3.05) is 0 Å². The maximum atomic E-state index is 13.7. The molecule has 0 saturated heterocycles. The Morgan fingerprint density at radius 3 is 2.05 bits per heavy atom. The summed E-state index contributed by atoms with van der Waals surface area (Å²) in [4.78, 5) is 0. The monoisotopic (exact) mass is 303 g/mol. The normalized spacial score (nSPS) is 13.0. The molecule has 0 bridgehead atoms. The minimum atomic E-state index is -4.93. The second-order valence-corrected chi connectivity index (χ2v) is 4.20. The molecule has 1 atom stereocenters. The van der Waals surface area contributed by atoms with Gasteiger partial charge in [0, 0.05) is 11.1 Å². The van der Waals surface area contributed by atoms with Gasteiger partial charge in [-0.3, -0.25) is 0 Å². The zero-order chi connectivity index (χ0) is 15.6. The highest BCUT2D eigenvalue weighted by Crippen LogP contribution is 2.33. The number of alkyl halides is 3. The van der Waals surface area contributed by atoms with E-state index in [-0.39, 0.29) is 5.56 Å². The van der Waals surface area contributed by atoms with Crippen molar-refractivity contribution in [1.82, 2.24) is 0 Å². The maximum absolute atomic E-state index is 13.7. The molecular formula is C14H10F5NO. The van der Waals surface area contributed by atoms with Gasteiger partial charge in [0.05, 0.1) is 6.04 Å². The van der Waals surface area contributed by atoms with Crippen LogP contribution in [0.15, 0.2) is 42.5 Å². The molecule has 112 valence electrons. The molecule has 0 aromatic heterocycles. The Labute approximate surface area is 116 Å². The van der Waals surface area contributed by atoms with Crippen molar-refractivity contribution in [1.29, 1.82) is 0 Å². The number of hydrogen-bond donors (Lipinski definition) is 1. The standard InChI is InChI=1S/C14H10F5NO/c15-9-5-3-6-10(16)12(9)13(20)8-4-1-2-7-11(8)21-14(17,18)19/h1-7,13H,20H2. The second kappa shape index (κ2) is 5.69. The Morgan fingerprint density at radius 1 is 0.905 bits per heavy atom. The lowest BCUT2D eigenvalue weighted by Gasteiger charge is -2.19. The predicted octanol–water partition coefficient (Wildman–Crippen LogP) is 3.91. The number of hydrogen-bond acceptors (Lipinski definition) is 2. The fourth-order valence-corrected chi connectivity index (χ4v) is 1.92. The molecule has 7 heteroatoms. The Bertz CT molecular complexity index is 621.